The second-order valence-electron chi connectivity index (χ2n) is 4.39. The number of hydrogen-bond acceptors (Lipinski definition) is 5. The zero-order valence-electron chi connectivity index (χ0n) is 10.8. The summed E-state index contributed by atoms with van der Waals surface area (Å²) in [6, 6.07) is 9.39. The first-order valence-corrected chi connectivity index (χ1v) is 6.04. The maximum absolute atomic E-state index is 8.75. The Morgan fingerprint density at radius 2 is 2.10 bits per heavy atom. The molecule has 0 bridgehead atoms. The van der Waals surface area contributed by atoms with Crippen molar-refractivity contribution in [1.82, 2.24) is 19.7 Å². The van der Waals surface area contributed by atoms with E-state index in [2.05, 4.69) is 21.2 Å². The summed E-state index contributed by atoms with van der Waals surface area (Å²) < 4.78 is 7.07. The summed E-state index contributed by atoms with van der Waals surface area (Å²) in [5.41, 5.74) is 2.46. The van der Waals surface area contributed by atoms with Crippen LogP contribution in [0.25, 0.3) is 11.5 Å². The molecule has 0 amide bonds. The lowest BCUT2D eigenvalue weighted by Crippen LogP contribution is -1.92. The van der Waals surface area contributed by atoms with E-state index in [9.17, 15) is 0 Å². The summed E-state index contributed by atoms with van der Waals surface area (Å²) in [4.78, 5) is 8.37. The zero-order chi connectivity index (χ0) is 13.9. The number of imidazole rings is 1. The highest BCUT2D eigenvalue weighted by atomic mass is 16.5. The van der Waals surface area contributed by atoms with Crippen molar-refractivity contribution < 1.29 is 4.52 Å². The predicted molar refractivity (Wildman–Crippen MR) is 70.5 cm³/mol. The average molecular weight is 265 g/mol. The number of nitrogens with zero attached hydrogens (tertiary/aromatic N) is 5. The monoisotopic (exact) mass is 265 g/mol. The molecule has 1 aromatic carbocycles. The normalized spacial score (nSPS) is 10.4. The van der Waals surface area contributed by atoms with Crippen molar-refractivity contribution in [2.75, 3.05) is 0 Å². The molecule has 3 rings (SSSR count). The first kappa shape index (κ1) is 12.1. The molecule has 0 aliphatic carbocycles. The fourth-order valence-corrected chi connectivity index (χ4v) is 1.88. The van der Waals surface area contributed by atoms with Crippen molar-refractivity contribution in [3.8, 4) is 17.6 Å². The fourth-order valence-electron chi connectivity index (χ4n) is 1.88. The molecule has 0 atom stereocenters. The van der Waals surface area contributed by atoms with Gasteiger partial charge in [0, 0.05) is 7.05 Å². The van der Waals surface area contributed by atoms with Crippen LogP contribution in [0, 0.1) is 11.3 Å². The van der Waals surface area contributed by atoms with Crippen molar-refractivity contribution in [3.05, 3.63) is 53.8 Å². The van der Waals surface area contributed by atoms with E-state index in [1.807, 2.05) is 23.7 Å². The first-order chi connectivity index (χ1) is 9.76. The lowest BCUT2D eigenvalue weighted by atomic mass is 10.1. The average Bonchev–Trinajstić information content (AvgIpc) is 3.08. The SMILES string of the molecule is Cn1cncc1-c1noc(Cc2ccc(C#N)cc2)n1. The molecule has 0 N–H and O–H groups in total. The maximum atomic E-state index is 8.75. The van der Waals surface area contributed by atoms with Gasteiger partial charge < -0.3 is 9.09 Å². The van der Waals surface area contributed by atoms with Crippen LogP contribution in [-0.4, -0.2) is 19.7 Å². The number of nitriles is 1. The highest BCUT2D eigenvalue weighted by Gasteiger charge is 2.11. The van der Waals surface area contributed by atoms with Crippen LogP contribution in [0.3, 0.4) is 0 Å². The topological polar surface area (TPSA) is 80.5 Å². The van der Waals surface area contributed by atoms with Gasteiger partial charge in [0.1, 0.15) is 5.69 Å². The van der Waals surface area contributed by atoms with Gasteiger partial charge >= 0.3 is 0 Å². The first-order valence-electron chi connectivity index (χ1n) is 6.04. The zero-order valence-corrected chi connectivity index (χ0v) is 10.8. The van der Waals surface area contributed by atoms with Crippen LogP contribution < -0.4 is 0 Å². The van der Waals surface area contributed by atoms with Crippen LogP contribution >= 0.6 is 0 Å². The van der Waals surface area contributed by atoms with Crippen LogP contribution in [0.1, 0.15) is 17.0 Å². The Hall–Kier alpha value is -2.94. The van der Waals surface area contributed by atoms with Gasteiger partial charge in [0.2, 0.25) is 11.7 Å². The highest BCUT2D eigenvalue weighted by molar-refractivity contribution is 5.47. The number of benzene rings is 1. The largest absolute Gasteiger partial charge is 0.339 e. The molecule has 0 aliphatic rings. The fraction of sp³-hybridized carbons (Fsp3) is 0.143. The third-order valence-corrected chi connectivity index (χ3v) is 2.95. The van der Waals surface area contributed by atoms with Gasteiger partial charge in [-0.1, -0.05) is 17.3 Å². The molecule has 20 heavy (non-hydrogen) atoms. The summed E-state index contributed by atoms with van der Waals surface area (Å²) in [6.07, 6.45) is 3.92. The second kappa shape index (κ2) is 4.97. The van der Waals surface area contributed by atoms with Gasteiger partial charge in [0.15, 0.2) is 0 Å². The van der Waals surface area contributed by atoms with Crippen molar-refractivity contribution in [1.29, 1.82) is 5.26 Å². The standard InChI is InChI=1S/C14H11N5O/c1-19-9-16-8-12(19)14-17-13(20-18-14)6-10-2-4-11(7-15)5-3-10/h2-5,8-9H,6H2,1H3. The van der Waals surface area contributed by atoms with E-state index in [1.165, 1.54) is 0 Å². The minimum absolute atomic E-state index is 0.522. The predicted octanol–water partition coefficient (Wildman–Crippen LogP) is 1.93. The Balaban J connectivity index is 1.80. The van der Waals surface area contributed by atoms with Gasteiger partial charge in [-0.25, -0.2) is 4.98 Å². The lowest BCUT2D eigenvalue weighted by Gasteiger charge is -1.96. The summed E-state index contributed by atoms with van der Waals surface area (Å²) in [7, 11) is 1.87. The van der Waals surface area contributed by atoms with Gasteiger partial charge in [-0.15, -0.1) is 0 Å². The third kappa shape index (κ3) is 2.29. The van der Waals surface area contributed by atoms with E-state index in [-0.39, 0.29) is 0 Å². The van der Waals surface area contributed by atoms with E-state index in [0.29, 0.717) is 23.7 Å². The van der Waals surface area contributed by atoms with E-state index in [1.54, 1.807) is 24.7 Å². The Kier molecular flexibility index (Phi) is 3.01. The molecule has 0 saturated carbocycles. The van der Waals surface area contributed by atoms with Gasteiger partial charge in [-0.2, -0.15) is 10.2 Å². The molecule has 0 unspecified atom stereocenters. The number of hydrogen-bond donors (Lipinski definition) is 0. The van der Waals surface area contributed by atoms with Crippen molar-refractivity contribution in [3.63, 3.8) is 0 Å². The summed E-state index contributed by atoms with van der Waals surface area (Å²) >= 11 is 0. The molecule has 0 aliphatic heterocycles. The smallest absolute Gasteiger partial charge is 0.231 e. The molecule has 0 radical (unpaired) electrons. The molecular weight excluding hydrogens is 254 g/mol. The molecule has 0 fully saturated rings. The maximum Gasteiger partial charge on any atom is 0.231 e. The molecule has 3 aromatic rings. The minimum atomic E-state index is 0.522. The van der Waals surface area contributed by atoms with Gasteiger partial charge in [-0.05, 0) is 17.7 Å². The molecule has 2 aromatic heterocycles. The molecule has 6 nitrogen and oxygen atoms in total. The number of rotatable bonds is 3. The van der Waals surface area contributed by atoms with Crippen LogP contribution in [0.5, 0.6) is 0 Å². The van der Waals surface area contributed by atoms with Crippen molar-refractivity contribution in [2.24, 2.45) is 7.05 Å². The third-order valence-electron chi connectivity index (χ3n) is 2.95. The number of aryl methyl sites for hydroxylation is 1. The highest BCUT2D eigenvalue weighted by Crippen LogP contribution is 2.16. The quantitative estimate of drug-likeness (QED) is 0.722. The lowest BCUT2D eigenvalue weighted by molar-refractivity contribution is 0.385. The van der Waals surface area contributed by atoms with Crippen molar-refractivity contribution >= 4 is 0 Å². The van der Waals surface area contributed by atoms with E-state index in [0.717, 1.165) is 11.3 Å². The molecule has 0 saturated heterocycles. The van der Waals surface area contributed by atoms with Crippen LogP contribution in [0.15, 0.2) is 41.3 Å². The molecule has 2 heterocycles. The molecule has 98 valence electrons. The van der Waals surface area contributed by atoms with Gasteiger partial charge in [-0.3, -0.25) is 0 Å². The van der Waals surface area contributed by atoms with Crippen LogP contribution in [-0.2, 0) is 13.5 Å². The van der Waals surface area contributed by atoms with Crippen molar-refractivity contribution in [2.45, 2.75) is 6.42 Å². The minimum Gasteiger partial charge on any atom is -0.339 e. The van der Waals surface area contributed by atoms with Crippen LogP contribution in [0.2, 0.25) is 0 Å². The summed E-state index contributed by atoms with van der Waals surface area (Å²) in [5.74, 6) is 1.06. The summed E-state index contributed by atoms with van der Waals surface area (Å²) in [6.45, 7) is 0. The Morgan fingerprint density at radius 1 is 1.30 bits per heavy atom. The molecule has 0 spiro atoms. The Bertz CT molecular complexity index is 763. The molecular formula is C14H11N5O. The number of aromatic nitrogens is 4. The van der Waals surface area contributed by atoms with E-state index in [4.69, 9.17) is 9.78 Å². The second-order valence-corrected chi connectivity index (χ2v) is 4.39. The Labute approximate surface area is 115 Å². The van der Waals surface area contributed by atoms with E-state index < -0.39 is 0 Å². The summed E-state index contributed by atoms with van der Waals surface area (Å²) in [5, 5.41) is 12.7. The molecule has 6 heteroatoms. The van der Waals surface area contributed by atoms with Crippen LogP contribution in [0.4, 0.5) is 0 Å². The van der Waals surface area contributed by atoms with E-state index >= 15 is 0 Å². The van der Waals surface area contributed by atoms with Gasteiger partial charge in [0.25, 0.3) is 0 Å². The van der Waals surface area contributed by atoms with Gasteiger partial charge in [0.05, 0.1) is 30.6 Å². The Morgan fingerprint density at radius 3 is 2.75 bits per heavy atom.